The number of carbonyl (C=O) groups is 4. The lowest BCUT2D eigenvalue weighted by molar-refractivity contribution is 0.0686. The number of pyridine rings is 1. The first-order chi connectivity index (χ1) is 45.8. The Hall–Kier alpha value is -11.0. The highest BCUT2D eigenvalue weighted by molar-refractivity contribution is 6.06. The largest absolute Gasteiger partial charge is 0.478 e. The second-order valence-corrected chi connectivity index (χ2v) is 27.4. The fourth-order valence-corrected chi connectivity index (χ4v) is 13.1. The molecule has 4 N–H and O–H groups in total. The van der Waals surface area contributed by atoms with Gasteiger partial charge < -0.3 is 20.6 Å². The molecule has 0 atom stereocenters. The summed E-state index contributed by atoms with van der Waals surface area (Å²) in [5.41, 5.74) is 25.3. The molecule has 1 amide bonds. The molecule has 96 heavy (non-hydrogen) atoms. The van der Waals surface area contributed by atoms with E-state index < -0.39 is 17.9 Å². The van der Waals surface area contributed by atoms with Gasteiger partial charge in [0.2, 0.25) is 0 Å². The summed E-state index contributed by atoms with van der Waals surface area (Å²) in [7, 11) is 0. The van der Waals surface area contributed by atoms with Crippen LogP contribution in [0.4, 0.5) is 5.69 Å². The average Bonchev–Trinajstić information content (AvgIpc) is 0.781. The molecular formula is C87H80N2O7. The lowest BCUT2D eigenvalue weighted by Gasteiger charge is -2.34. The maximum Gasteiger partial charge on any atom is 0.335 e. The van der Waals surface area contributed by atoms with Crippen molar-refractivity contribution in [2.45, 2.75) is 97.8 Å². The van der Waals surface area contributed by atoms with Crippen molar-refractivity contribution >= 4 is 74.8 Å². The van der Waals surface area contributed by atoms with Crippen LogP contribution in [0.3, 0.4) is 0 Å². The molecule has 0 saturated heterocycles. The molecule has 9 nitrogen and oxygen atoms in total. The third-order valence-electron chi connectivity index (χ3n) is 18.9. The minimum atomic E-state index is -1.00. The minimum absolute atomic E-state index is 0.0508. The number of benzene rings is 9. The van der Waals surface area contributed by atoms with Crippen LogP contribution in [-0.2, 0) is 16.2 Å². The third-order valence-corrected chi connectivity index (χ3v) is 18.9. The van der Waals surface area contributed by atoms with Crippen molar-refractivity contribution in [1.82, 2.24) is 4.98 Å². The first kappa shape index (κ1) is 66.4. The molecule has 0 spiro atoms. The van der Waals surface area contributed by atoms with E-state index in [2.05, 4.69) is 194 Å². The van der Waals surface area contributed by atoms with E-state index >= 15 is 0 Å². The number of fused-ring (bicyclic) bond motifs is 4. The van der Waals surface area contributed by atoms with Gasteiger partial charge in [0.1, 0.15) is 0 Å². The number of hydrogen-bond acceptors (Lipinski definition) is 5. The van der Waals surface area contributed by atoms with Gasteiger partial charge in [-0.25, -0.2) is 14.4 Å². The summed E-state index contributed by atoms with van der Waals surface area (Å²) in [6, 6.07) is 66.7. The molecule has 9 heteroatoms. The number of amides is 1. The van der Waals surface area contributed by atoms with Crippen LogP contribution in [0, 0.1) is 12.8 Å². The molecule has 0 fully saturated rings. The van der Waals surface area contributed by atoms with E-state index in [-0.39, 0.29) is 27.7 Å². The van der Waals surface area contributed by atoms with Gasteiger partial charge in [-0.05, 0) is 233 Å². The number of allylic oxidation sites excluding steroid dienone is 4. The van der Waals surface area contributed by atoms with Crippen LogP contribution in [0.2, 0.25) is 0 Å². The molecule has 480 valence electrons. The van der Waals surface area contributed by atoms with Gasteiger partial charge in [0, 0.05) is 28.4 Å². The highest BCUT2D eigenvalue weighted by Gasteiger charge is 2.33. The molecule has 3 aliphatic rings. The normalized spacial score (nSPS) is 14.6. The number of aromatic nitrogens is 1. The van der Waals surface area contributed by atoms with E-state index in [9.17, 15) is 19.2 Å². The Bertz CT molecular complexity index is 4790. The number of anilines is 1. The van der Waals surface area contributed by atoms with Crippen LogP contribution in [-0.4, -0.2) is 44.1 Å². The van der Waals surface area contributed by atoms with Crippen LogP contribution in [0.1, 0.15) is 188 Å². The number of nitrogens with zero attached hydrogens (tertiary/aromatic N) is 1. The molecule has 0 unspecified atom stereocenters. The maximum absolute atomic E-state index is 13.0. The summed E-state index contributed by atoms with van der Waals surface area (Å²) < 4.78 is 0. The molecule has 1 heterocycles. The molecule has 9 aromatic carbocycles. The number of aromatic carboxylic acids is 3. The molecule has 3 aliphatic carbocycles. The zero-order valence-electron chi connectivity index (χ0n) is 55.9. The first-order valence-corrected chi connectivity index (χ1v) is 32.6. The molecule has 0 saturated carbocycles. The van der Waals surface area contributed by atoms with Gasteiger partial charge in [-0.15, -0.1) is 0 Å². The van der Waals surface area contributed by atoms with E-state index in [1.54, 1.807) is 36.4 Å². The van der Waals surface area contributed by atoms with Gasteiger partial charge in [0.05, 0.1) is 22.2 Å². The zero-order valence-corrected chi connectivity index (χ0v) is 55.9. The number of hydrogen-bond donors (Lipinski definition) is 4. The van der Waals surface area contributed by atoms with Crippen LogP contribution < -0.4 is 5.32 Å². The number of aryl methyl sites for hydroxylation is 1. The number of rotatable bonds is 13. The molecule has 0 radical (unpaired) electrons. The highest BCUT2D eigenvalue weighted by Crippen LogP contribution is 2.46. The van der Waals surface area contributed by atoms with Crippen molar-refractivity contribution in [2.75, 3.05) is 5.32 Å². The molecule has 0 aliphatic heterocycles. The van der Waals surface area contributed by atoms with Gasteiger partial charge in [0.25, 0.3) is 5.91 Å². The van der Waals surface area contributed by atoms with Gasteiger partial charge in [0.15, 0.2) is 0 Å². The Morgan fingerprint density at radius 3 is 1.56 bits per heavy atom. The molecule has 10 aromatic rings. The summed E-state index contributed by atoms with van der Waals surface area (Å²) in [5.74, 6) is -2.60. The number of para-hydroxylation sites is 1. The summed E-state index contributed by atoms with van der Waals surface area (Å²) in [4.78, 5) is 50.9. The smallest absolute Gasteiger partial charge is 0.335 e. The van der Waals surface area contributed by atoms with E-state index in [1.807, 2.05) is 79.0 Å². The predicted molar refractivity (Wildman–Crippen MR) is 393 cm³/mol. The zero-order chi connectivity index (χ0) is 68.2. The Morgan fingerprint density at radius 1 is 0.469 bits per heavy atom. The number of carboxylic acids is 3. The Balaban J connectivity index is 0.000000148. The molecular weight excluding hydrogens is 1180 g/mol. The number of carboxylic acid groups (broad SMARTS) is 3. The summed E-state index contributed by atoms with van der Waals surface area (Å²) in [6.45, 7) is 24.6. The quantitative estimate of drug-likeness (QED) is 0.0832. The second kappa shape index (κ2) is 27.5. The average molecular weight is 1270 g/mol. The summed E-state index contributed by atoms with van der Waals surface area (Å²) in [5, 5.41) is 31.2. The van der Waals surface area contributed by atoms with Crippen LogP contribution >= 0.6 is 0 Å². The predicted octanol–water partition coefficient (Wildman–Crippen LogP) is 21.1. The lowest BCUT2D eigenvalue weighted by Crippen LogP contribution is -2.23. The summed E-state index contributed by atoms with van der Waals surface area (Å²) >= 11 is 0. The fourth-order valence-electron chi connectivity index (χ4n) is 13.1. The van der Waals surface area contributed by atoms with Crippen LogP contribution in [0.15, 0.2) is 237 Å². The lowest BCUT2D eigenvalue weighted by atomic mass is 9.70. The van der Waals surface area contributed by atoms with Crippen molar-refractivity contribution in [3.8, 4) is 11.1 Å². The van der Waals surface area contributed by atoms with E-state index in [1.165, 1.54) is 73.4 Å². The van der Waals surface area contributed by atoms with E-state index in [4.69, 9.17) is 15.3 Å². The van der Waals surface area contributed by atoms with Gasteiger partial charge in [-0.3, -0.25) is 9.78 Å². The fraction of sp³-hybridized carbons (Fsp3) is 0.184. The van der Waals surface area contributed by atoms with E-state index in [0.717, 1.165) is 74.7 Å². The van der Waals surface area contributed by atoms with Crippen molar-refractivity contribution < 1.29 is 34.5 Å². The van der Waals surface area contributed by atoms with Crippen LogP contribution in [0.25, 0.3) is 56.5 Å². The minimum Gasteiger partial charge on any atom is -0.478 e. The Labute approximate surface area is 563 Å². The number of carbonyl (C=O) groups excluding carboxylic acids is 1. The number of nitrogens with one attached hydrogen (secondary N) is 1. The standard InChI is InChI=1S/C33H28O2.C29H24N2O3.C25H28O2/c1-33(2)21-20-29(27-17-15-26(16-18-27)25-6-4-3-5-7-25)30-22-24(12-19-31(30)33)9-8-23-10-13-28(14-11-23)32(34)35;1-29(2)14-13-23(21-15-19-5-3-4-6-26(19)30-17-21)24-16-20(9-12-25(24)29)27(32)31-22-10-7-18(8-11-22)28(33)34;1-15(2)20-11-12-25(5,6)23-13-16(3)21(14-22(20)23)17(4)18-7-9-19(10-8-18)24(26)27/h3-20,22H,21H2,1-2H3,(H,34,35);3-13,15-17H,14H2,1-2H3,(H,31,32)(H,33,34);7-11,13-15H,4,12H2,1-3,5-6H3,(H,26,27)/b9-8+;;. The summed E-state index contributed by atoms with van der Waals surface area (Å²) in [6.07, 6.45) is 16.0. The SMILES string of the molecule is C=C(c1ccc(C(=O)O)cc1)c1cc2c(cc1C)C(C)(C)CC=C2C(C)C.CC1(C)CC=C(c2ccc(-c3ccccc3)cc2)c2cc(/C=C/c3ccc(C(=O)O)cc3)ccc21.CC1(C)CC=C(c2cnc3ccccc3c2)c2cc(C(=O)Nc3ccc(C(=O)O)cc3)ccc21. The van der Waals surface area contributed by atoms with E-state index in [0.29, 0.717) is 28.3 Å². The van der Waals surface area contributed by atoms with Crippen LogP contribution in [0.5, 0.6) is 0 Å². The van der Waals surface area contributed by atoms with Crippen molar-refractivity contribution in [3.05, 3.63) is 332 Å². The second-order valence-electron chi connectivity index (χ2n) is 27.4. The topological polar surface area (TPSA) is 154 Å². The Kier molecular flexibility index (Phi) is 19.0. The van der Waals surface area contributed by atoms with Crippen molar-refractivity contribution in [3.63, 3.8) is 0 Å². The molecule has 13 rings (SSSR count). The van der Waals surface area contributed by atoms with Crippen molar-refractivity contribution in [1.29, 1.82) is 0 Å². The monoisotopic (exact) mass is 1260 g/mol. The maximum atomic E-state index is 13.0. The van der Waals surface area contributed by atoms with Gasteiger partial charge >= 0.3 is 17.9 Å². The van der Waals surface area contributed by atoms with Gasteiger partial charge in [-0.1, -0.05) is 214 Å². The Morgan fingerprint density at radius 2 is 0.948 bits per heavy atom. The van der Waals surface area contributed by atoms with Crippen molar-refractivity contribution in [2.24, 2.45) is 5.92 Å². The third kappa shape index (κ3) is 14.5. The molecule has 1 aromatic heterocycles. The first-order valence-electron chi connectivity index (χ1n) is 32.6. The van der Waals surface area contributed by atoms with Gasteiger partial charge in [-0.2, -0.15) is 0 Å². The highest BCUT2D eigenvalue weighted by atomic mass is 16.4. The molecule has 0 bridgehead atoms.